The number of benzene rings is 1. The Kier molecular flexibility index (Phi) is 5.12. The van der Waals surface area contributed by atoms with Gasteiger partial charge >= 0.3 is 0 Å². The number of sulfonamides is 1. The third kappa shape index (κ3) is 3.77. The standard InChI is InChI=1S/C14H20FNO3S/c1-2-16-20(17,18)14-6-7-19-10-12(14)8-11-4-3-5-13(15)9-11/h3-5,9,12,14,16H,2,6-8,10H2,1H3/t12-,14-/m0/s1. The van der Waals surface area contributed by atoms with Crippen molar-refractivity contribution in [1.82, 2.24) is 4.72 Å². The van der Waals surface area contributed by atoms with Gasteiger partial charge in [0.05, 0.1) is 11.9 Å². The van der Waals surface area contributed by atoms with Crippen LogP contribution in [-0.2, 0) is 21.2 Å². The summed E-state index contributed by atoms with van der Waals surface area (Å²) in [5.41, 5.74) is 0.803. The molecule has 1 heterocycles. The predicted octanol–water partition coefficient (Wildman–Crippen LogP) is 1.71. The molecule has 0 spiro atoms. The second-order valence-corrected chi connectivity index (χ2v) is 7.02. The lowest BCUT2D eigenvalue weighted by Gasteiger charge is -2.31. The van der Waals surface area contributed by atoms with Gasteiger partial charge in [-0.3, -0.25) is 0 Å². The highest BCUT2D eigenvalue weighted by Gasteiger charge is 2.35. The summed E-state index contributed by atoms with van der Waals surface area (Å²) in [6.07, 6.45) is 0.988. The second kappa shape index (κ2) is 6.65. The van der Waals surface area contributed by atoms with E-state index >= 15 is 0 Å². The Morgan fingerprint density at radius 2 is 2.25 bits per heavy atom. The molecule has 20 heavy (non-hydrogen) atoms. The molecule has 1 aromatic carbocycles. The molecule has 4 nitrogen and oxygen atoms in total. The normalized spacial score (nSPS) is 23.7. The highest BCUT2D eigenvalue weighted by Crippen LogP contribution is 2.25. The highest BCUT2D eigenvalue weighted by atomic mass is 32.2. The number of halogens is 1. The third-order valence-electron chi connectivity index (χ3n) is 3.54. The monoisotopic (exact) mass is 301 g/mol. The van der Waals surface area contributed by atoms with Gasteiger partial charge in [0.25, 0.3) is 0 Å². The first-order valence-electron chi connectivity index (χ1n) is 6.83. The molecule has 6 heteroatoms. The maximum Gasteiger partial charge on any atom is 0.214 e. The van der Waals surface area contributed by atoms with Gasteiger partial charge in [-0.15, -0.1) is 0 Å². The topological polar surface area (TPSA) is 55.4 Å². The zero-order valence-electron chi connectivity index (χ0n) is 11.5. The smallest absolute Gasteiger partial charge is 0.214 e. The molecule has 0 aromatic heterocycles. The molecular weight excluding hydrogens is 281 g/mol. The van der Waals surface area contributed by atoms with Crippen molar-refractivity contribution in [1.29, 1.82) is 0 Å². The molecule has 0 radical (unpaired) electrons. The van der Waals surface area contributed by atoms with E-state index in [4.69, 9.17) is 4.74 Å². The van der Waals surface area contributed by atoms with Crippen molar-refractivity contribution >= 4 is 10.0 Å². The molecule has 0 bridgehead atoms. The van der Waals surface area contributed by atoms with Gasteiger partial charge in [0.1, 0.15) is 5.82 Å². The van der Waals surface area contributed by atoms with Crippen LogP contribution in [0.15, 0.2) is 24.3 Å². The zero-order valence-corrected chi connectivity index (χ0v) is 12.3. The fourth-order valence-electron chi connectivity index (χ4n) is 2.65. The second-order valence-electron chi connectivity index (χ2n) is 5.04. The van der Waals surface area contributed by atoms with Gasteiger partial charge in [-0.2, -0.15) is 0 Å². The molecule has 1 saturated heterocycles. The number of hydrogen-bond donors (Lipinski definition) is 1. The summed E-state index contributed by atoms with van der Waals surface area (Å²) >= 11 is 0. The predicted molar refractivity (Wildman–Crippen MR) is 75.4 cm³/mol. The van der Waals surface area contributed by atoms with Crippen LogP contribution in [0.3, 0.4) is 0 Å². The summed E-state index contributed by atoms with van der Waals surface area (Å²) in [6, 6.07) is 6.29. The first kappa shape index (κ1) is 15.4. The number of hydrogen-bond acceptors (Lipinski definition) is 3. The molecule has 1 fully saturated rings. The minimum absolute atomic E-state index is 0.144. The fourth-order valence-corrected chi connectivity index (χ4v) is 4.36. The Morgan fingerprint density at radius 3 is 2.95 bits per heavy atom. The van der Waals surface area contributed by atoms with E-state index in [0.717, 1.165) is 5.56 Å². The van der Waals surface area contributed by atoms with Gasteiger partial charge in [-0.25, -0.2) is 17.5 Å². The van der Waals surface area contributed by atoms with Crippen LogP contribution in [-0.4, -0.2) is 33.4 Å². The summed E-state index contributed by atoms with van der Waals surface area (Å²) < 4.78 is 45.6. The largest absolute Gasteiger partial charge is 0.381 e. The van der Waals surface area contributed by atoms with Crippen LogP contribution in [0.5, 0.6) is 0 Å². The van der Waals surface area contributed by atoms with E-state index in [0.29, 0.717) is 32.6 Å². The lowest BCUT2D eigenvalue weighted by molar-refractivity contribution is 0.0570. The molecule has 2 rings (SSSR count). The lowest BCUT2D eigenvalue weighted by atomic mass is 9.93. The van der Waals surface area contributed by atoms with Gasteiger partial charge in [0.2, 0.25) is 10.0 Å². The van der Waals surface area contributed by atoms with Crippen molar-refractivity contribution in [2.24, 2.45) is 5.92 Å². The van der Waals surface area contributed by atoms with Crippen LogP contribution in [0.2, 0.25) is 0 Å². The maximum absolute atomic E-state index is 13.2. The minimum Gasteiger partial charge on any atom is -0.381 e. The summed E-state index contributed by atoms with van der Waals surface area (Å²) in [4.78, 5) is 0. The van der Waals surface area contributed by atoms with E-state index in [2.05, 4.69) is 4.72 Å². The Balaban J connectivity index is 2.15. The van der Waals surface area contributed by atoms with Crippen molar-refractivity contribution in [3.63, 3.8) is 0 Å². The summed E-state index contributed by atoms with van der Waals surface area (Å²) in [5.74, 6) is -0.445. The third-order valence-corrected chi connectivity index (χ3v) is 5.64. The summed E-state index contributed by atoms with van der Waals surface area (Å²) in [5, 5.41) is -0.473. The maximum atomic E-state index is 13.2. The SMILES string of the molecule is CCNS(=O)(=O)[C@H]1CCOC[C@@H]1Cc1cccc(F)c1. The van der Waals surface area contributed by atoms with E-state index in [9.17, 15) is 12.8 Å². The Bertz CT molecular complexity index is 547. The van der Waals surface area contributed by atoms with Gasteiger partial charge in [0.15, 0.2) is 0 Å². The number of ether oxygens (including phenoxy) is 1. The van der Waals surface area contributed by atoms with Gasteiger partial charge < -0.3 is 4.74 Å². The van der Waals surface area contributed by atoms with Crippen LogP contribution in [0, 0.1) is 11.7 Å². The van der Waals surface area contributed by atoms with Crippen molar-refractivity contribution in [3.8, 4) is 0 Å². The van der Waals surface area contributed by atoms with Crippen molar-refractivity contribution in [2.45, 2.75) is 25.0 Å². The average Bonchev–Trinajstić information content (AvgIpc) is 2.39. The molecule has 1 N–H and O–H groups in total. The molecule has 0 amide bonds. The van der Waals surface area contributed by atoms with Gasteiger partial charge in [0, 0.05) is 19.1 Å². The van der Waals surface area contributed by atoms with E-state index in [-0.39, 0.29) is 11.7 Å². The number of rotatable bonds is 5. The number of nitrogens with one attached hydrogen (secondary N) is 1. The van der Waals surface area contributed by atoms with Crippen LogP contribution in [0.1, 0.15) is 18.9 Å². The molecule has 112 valence electrons. The first-order chi connectivity index (χ1) is 9.53. The van der Waals surface area contributed by atoms with E-state index in [1.165, 1.54) is 12.1 Å². The van der Waals surface area contributed by atoms with Gasteiger partial charge in [-0.1, -0.05) is 19.1 Å². The van der Waals surface area contributed by atoms with Crippen LogP contribution < -0.4 is 4.72 Å². The Morgan fingerprint density at radius 1 is 1.45 bits per heavy atom. The van der Waals surface area contributed by atoms with Gasteiger partial charge in [-0.05, 0) is 30.5 Å². The van der Waals surface area contributed by atoms with E-state index in [1.54, 1.807) is 13.0 Å². The molecule has 0 aliphatic carbocycles. The summed E-state index contributed by atoms with van der Waals surface area (Å²) in [7, 11) is -3.34. The highest BCUT2D eigenvalue weighted by molar-refractivity contribution is 7.90. The van der Waals surface area contributed by atoms with Crippen LogP contribution in [0.25, 0.3) is 0 Å². The van der Waals surface area contributed by atoms with Crippen LogP contribution >= 0.6 is 0 Å². The molecule has 1 aliphatic rings. The van der Waals surface area contributed by atoms with Crippen molar-refractivity contribution in [2.75, 3.05) is 19.8 Å². The molecular formula is C14H20FNO3S. The minimum atomic E-state index is -3.34. The van der Waals surface area contributed by atoms with Crippen molar-refractivity contribution < 1.29 is 17.5 Å². The van der Waals surface area contributed by atoms with Crippen molar-refractivity contribution in [3.05, 3.63) is 35.6 Å². The van der Waals surface area contributed by atoms with Crippen LogP contribution in [0.4, 0.5) is 4.39 Å². The first-order valence-corrected chi connectivity index (χ1v) is 8.38. The summed E-state index contributed by atoms with van der Waals surface area (Å²) in [6.45, 7) is 2.99. The Labute approximate surface area is 119 Å². The molecule has 2 atom stereocenters. The average molecular weight is 301 g/mol. The fraction of sp³-hybridized carbons (Fsp3) is 0.571. The molecule has 1 aromatic rings. The quantitative estimate of drug-likeness (QED) is 0.901. The zero-order chi connectivity index (χ0) is 14.6. The van der Waals surface area contributed by atoms with E-state index < -0.39 is 15.3 Å². The Hall–Kier alpha value is -0.980. The molecule has 0 unspecified atom stereocenters. The molecule has 0 saturated carbocycles. The molecule has 1 aliphatic heterocycles. The van der Waals surface area contributed by atoms with E-state index in [1.807, 2.05) is 6.07 Å². The lowest BCUT2D eigenvalue weighted by Crippen LogP contribution is -2.44.